The van der Waals surface area contributed by atoms with Crippen LogP contribution in [0, 0.1) is 0 Å². The Labute approximate surface area is 91.9 Å². The lowest BCUT2D eigenvalue weighted by Crippen LogP contribution is -1.98. The summed E-state index contributed by atoms with van der Waals surface area (Å²) in [5, 5.41) is 9.75. The lowest BCUT2D eigenvalue weighted by atomic mass is 10.1. The van der Waals surface area contributed by atoms with Crippen molar-refractivity contribution in [2.24, 2.45) is 0 Å². The molecule has 0 spiro atoms. The van der Waals surface area contributed by atoms with Crippen molar-refractivity contribution in [3.05, 3.63) is 29.8 Å². The Balaban J connectivity index is 2.55. The molecule has 0 saturated heterocycles. The minimum absolute atomic E-state index is 0.338. The zero-order chi connectivity index (χ0) is 11.1. The molecule has 1 aromatic carbocycles. The van der Waals surface area contributed by atoms with E-state index in [1.54, 1.807) is 0 Å². The number of aliphatic hydroxyl groups excluding tert-OH is 1. The van der Waals surface area contributed by atoms with Crippen molar-refractivity contribution in [1.82, 2.24) is 0 Å². The summed E-state index contributed by atoms with van der Waals surface area (Å²) in [6.07, 6.45) is 2.49. The highest BCUT2D eigenvalue weighted by atomic mass is 16.5. The van der Waals surface area contributed by atoms with E-state index in [0.717, 1.165) is 37.2 Å². The maximum atomic E-state index is 9.75. The number of ether oxygens (including phenoxy) is 1. The third-order valence-electron chi connectivity index (χ3n) is 2.30. The minimum atomic E-state index is -0.338. The molecule has 84 valence electrons. The molecule has 15 heavy (non-hydrogen) atoms. The Bertz CT molecular complexity index is 266. The summed E-state index contributed by atoms with van der Waals surface area (Å²) in [4.78, 5) is 0. The fraction of sp³-hybridized carbons (Fsp3) is 0.538. The minimum Gasteiger partial charge on any atom is -0.494 e. The summed E-state index contributed by atoms with van der Waals surface area (Å²) in [5.74, 6) is 0.879. The van der Waals surface area contributed by atoms with Crippen LogP contribution in [0.3, 0.4) is 0 Å². The van der Waals surface area contributed by atoms with E-state index < -0.39 is 0 Å². The number of benzene rings is 1. The van der Waals surface area contributed by atoms with E-state index in [-0.39, 0.29) is 6.10 Å². The summed E-state index contributed by atoms with van der Waals surface area (Å²) in [7, 11) is 0. The van der Waals surface area contributed by atoms with Gasteiger partial charge in [0.2, 0.25) is 0 Å². The van der Waals surface area contributed by atoms with Crippen molar-refractivity contribution in [3.63, 3.8) is 0 Å². The molecule has 0 aromatic heterocycles. The summed E-state index contributed by atoms with van der Waals surface area (Å²) in [6.45, 7) is 4.90. The van der Waals surface area contributed by atoms with Gasteiger partial charge in [-0.25, -0.2) is 0 Å². The molecule has 0 bridgehead atoms. The second kappa shape index (κ2) is 6.46. The number of hydrogen-bond donors (Lipinski definition) is 1. The summed E-state index contributed by atoms with van der Waals surface area (Å²) in [5.41, 5.74) is 0.973. The van der Waals surface area contributed by atoms with Crippen LogP contribution in [0.5, 0.6) is 5.75 Å². The topological polar surface area (TPSA) is 29.5 Å². The molecule has 0 saturated carbocycles. The van der Waals surface area contributed by atoms with Gasteiger partial charge in [0.05, 0.1) is 12.7 Å². The van der Waals surface area contributed by atoms with Crippen molar-refractivity contribution in [2.45, 2.75) is 39.2 Å². The largest absolute Gasteiger partial charge is 0.494 e. The van der Waals surface area contributed by atoms with Crippen molar-refractivity contribution in [3.8, 4) is 5.75 Å². The first kappa shape index (κ1) is 12.1. The van der Waals surface area contributed by atoms with Crippen LogP contribution in [0.4, 0.5) is 0 Å². The quantitative estimate of drug-likeness (QED) is 0.777. The van der Waals surface area contributed by atoms with Gasteiger partial charge in [-0.15, -0.1) is 0 Å². The first-order valence-electron chi connectivity index (χ1n) is 5.68. The van der Waals surface area contributed by atoms with Gasteiger partial charge >= 0.3 is 0 Å². The average molecular weight is 208 g/mol. The Kier molecular flexibility index (Phi) is 5.19. The molecule has 1 aromatic rings. The second-order valence-electron chi connectivity index (χ2n) is 3.72. The Morgan fingerprint density at radius 1 is 1.13 bits per heavy atom. The van der Waals surface area contributed by atoms with Crippen LogP contribution in [0.2, 0.25) is 0 Å². The monoisotopic (exact) mass is 208 g/mol. The van der Waals surface area contributed by atoms with Gasteiger partial charge in [-0.3, -0.25) is 0 Å². The number of aliphatic hydroxyl groups is 1. The van der Waals surface area contributed by atoms with Crippen LogP contribution in [0.25, 0.3) is 0 Å². The molecule has 0 radical (unpaired) electrons. The molecule has 2 heteroatoms. The first-order chi connectivity index (χ1) is 7.27. The molecule has 0 amide bonds. The van der Waals surface area contributed by atoms with E-state index in [2.05, 4.69) is 13.8 Å². The number of hydrogen-bond acceptors (Lipinski definition) is 2. The van der Waals surface area contributed by atoms with Crippen molar-refractivity contribution in [1.29, 1.82) is 0 Å². The normalized spacial score (nSPS) is 12.5. The van der Waals surface area contributed by atoms with Gasteiger partial charge < -0.3 is 9.84 Å². The first-order valence-corrected chi connectivity index (χ1v) is 5.68. The fourth-order valence-corrected chi connectivity index (χ4v) is 1.45. The lowest BCUT2D eigenvalue weighted by Gasteiger charge is -2.10. The van der Waals surface area contributed by atoms with Gasteiger partial charge in [0.25, 0.3) is 0 Å². The van der Waals surface area contributed by atoms with Gasteiger partial charge in [-0.05, 0) is 30.5 Å². The standard InChI is InChI=1S/C13H20O2/c1-3-5-13(14)11-6-8-12(9-7-11)15-10-4-2/h6-9,13-14H,3-5,10H2,1-2H3. The molecule has 1 N–H and O–H groups in total. The summed E-state index contributed by atoms with van der Waals surface area (Å²) < 4.78 is 5.47. The molecule has 1 rings (SSSR count). The van der Waals surface area contributed by atoms with E-state index >= 15 is 0 Å². The predicted molar refractivity (Wildman–Crippen MR) is 62.1 cm³/mol. The highest BCUT2D eigenvalue weighted by molar-refractivity contribution is 5.28. The van der Waals surface area contributed by atoms with Crippen molar-refractivity contribution < 1.29 is 9.84 Å². The van der Waals surface area contributed by atoms with Crippen LogP contribution in [-0.4, -0.2) is 11.7 Å². The zero-order valence-corrected chi connectivity index (χ0v) is 9.57. The molecule has 1 unspecified atom stereocenters. The van der Waals surface area contributed by atoms with E-state index in [9.17, 15) is 5.11 Å². The molecule has 0 aliphatic heterocycles. The third-order valence-corrected chi connectivity index (χ3v) is 2.30. The fourth-order valence-electron chi connectivity index (χ4n) is 1.45. The lowest BCUT2D eigenvalue weighted by molar-refractivity contribution is 0.166. The van der Waals surface area contributed by atoms with Crippen LogP contribution in [-0.2, 0) is 0 Å². The van der Waals surface area contributed by atoms with Gasteiger partial charge in [-0.2, -0.15) is 0 Å². The predicted octanol–water partition coefficient (Wildman–Crippen LogP) is 3.31. The van der Waals surface area contributed by atoms with E-state index in [1.165, 1.54) is 0 Å². The van der Waals surface area contributed by atoms with Gasteiger partial charge in [0.15, 0.2) is 0 Å². The second-order valence-corrected chi connectivity index (χ2v) is 3.72. The highest BCUT2D eigenvalue weighted by Gasteiger charge is 2.05. The van der Waals surface area contributed by atoms with Crippen LogP contribution in [0.1, 0.15) is 44.8 Å². The number of rotatable bonds is 6. The molecule has 0 fully saturated rings. The maximum absolute atomic E-state index is 9.75. The van der Waals surface area contributed by atoms with E-state index in [4.69, 9.17) is 4.74 Å². The zero-order valence-electron chi connectivity index (χ0n) is 9.57. The average Bonchev–Trinajstić information content (AvgIpc) is 2.27. The SMILES string of the molecule is CCCOc1ccc(C(O)CCC)cc1. The summed E-state index contributed by atoms with van der Waals surface area (Å²) in [6, 6.07) is 7.71. The van der Waals surface area contributed by atoms with E-state index in [0.29, 0.717) is 0 Å². The Morgan fingerprint density at radius 2 is 1.80 bits per heavy atom. The van der Waals surface area contributed by atoms with Crippen LogP contribution < -0.4 is 4.74 Å². The molecule has 0 aliphatic rings. The van der Waals surface area contributed by atoms with Crippen LogP contribution >= 0.6 is 0 Å². The molecular weight excluding hydrogens is 188 g/mol. The molecule has 1 atom stereocenters. The van der Waals surface area contributed by atoms with Gasteiger partial charge in [0.1, 0.15) is 5.75 Å². The van der Waals surface area contributed by atoms with Gasteiger partial charge in [-0.1, -0.05) is 32.4 Å². The Morgan fingerprint density at radius 3 is 2.33 bits per heavy atom. The van der Waals surface area contributed by atoms with Crippen molar-refractivity contribution in [2.75, 3.05) is 6.61 Å². The van der Waals surface area contributed by atoms with Gasteiger partial charge in [0, 0.05) is 0 Å². The molecular formula is C13H20O2. The Hall–Kier alpha value is -1.02. The van der Waals surface area contributed by atoms with E-state index in [1.807, 2.05) is 24.3 Å². The smallest absolute Gasteiger partial charge is 0.119 e. The summed E-state index contributed by atoms with van der Waals surface area (Å²) >= 11 is 0. The van der Waals surface area contributed by atoms with Crippen molar-refractivity contribution >= 4 is 0 Å². The maximum Gasteiger partial charge on any atom is 0.119 e. The van der Waals surface area contributed by atoms with Crippen LogP contribution in [0.15, 0.2) is 24.3 Å². The highest BCUT2D eigenvalue weighted by Crippen LogP contribution is 2.21. The third kappa shape index (κ3) is 3.92. The molecule has 0 aliphatic carbocycles. The molecule has 2 nitrogen and oxygen atoms in total. The molecule has 0 heterocycles.